The van der Waals surface area contributed by atoms with Crippen LogP contribution in [-0.2, 0) is 0 Å². The summed E-state index contributed by atoms with van der Waals surface area (Å²) in [5, 5.41) is 5.18. The van der Waals surface area contributed by atoms with Crippen molar-refractivity contribution >= 4 is 24.0 Å². The molecule has 0 aromatic heterocycles. The van der Waals surface area contributed by atoms with Crippen LogP contribution in [0.1, 0.15) is 31.8 Å². The molecule has 2 aromatic rings. The molecule has 0 fully saturated rings. The molecule has 0 saturated heterocycles. The van der Waals surface area contributed by atoms with Gasteiger partial charge in [-0.3, -0.25) is 9.59 Å². The monoisotopic (exact) mass is 294 g/mol. The zero-order chi connectivity index (χ0) is 15.9. The highest BCUT2D eigenvalue weighted by molar-refractivity contribution is 5.94. The molecule has 2 rings (SSSR count). The molecule has 0 aliphatic heterocycles. The summed E-state index contributed by atoms with van der Waals surface area (Å²) in [6.07, 6.45) is 3.92. The Morgan fingerprint density at radius 3 is 1.27 bits per heavy atom. The standard InChI is InChI=1S/C18H18N2O2/c1-19-17(21)15-9-5-13(6-10-15)3-4-14-7-11-16(12-8-14)18(22)20-2/h3-12H,1-2H3,(H,19,21)(H,20,22). The van der Waals surface area contributed by atoms with Crippen molar-refractivity contribution in [3.63, 3.8) is 0 Å². The predicted octanol–water partition coefficient (Wildman–Crippen LogP) is 2.58. The van der Waals surface area contributed by atoms with E-state index in [4.69, 9.17) is 0 Å². The van der Waals surface area contributed by atoms with Crippen molar-refractivity contribution in [2.75, 3.05) is 14.1 Å². The number of rotatable bonds is 4. The van der Waals surface area contributed by atoms with Crippen LogP contribution in [0.3, 0.4) is 0 Å². The third-order valence-corrected chi connectivity index (χ3v) is 3.27. The third-order valence-electron chi connectivity index (χ3n) is 3.27. The molecule has 0 heterocycles. The van der Waals surface area contributed by atoms with Crippen molar-refractivity contribution in [2.45, 2.75) is 0 Å². The highest BCUT2D eigenvalue weighted by atomic mass is 16.2. The Kier molecular flexibility index (Phi) is 5.09. The molecule has 4 nitrogen and oxygen atoms in total. The molecule has 0 bridgehead atoms. The van der Waals surface area contributed by atoms with Gasteiger partial charge in [-0.05, 0) is 35.4 Å². The molecule has 0 aliphatic carbocycles. The fraction of sp³-hybridized carbons (Fsp3) is 0.111. The van der Waals surface area contributed by atoms with Gasteiger partial charge in [0, 0.05) is 25.2 Å². The van der Waals surface area contributed by atoms with Crippen LogP contribution in [0, 0.1) is 0 Å². The van der Waals surface area contributed by atoms with E-state index in [9.17, 15) is 9.59 Å². The van der Waals surface area contributed by atoms with E-state index >= 15 is 0 Å². The summed E-state index contributed by atoms with van der Waals surface area (Å²) in [5.41, 5.74) is 3.27. The maximum absolute atomic E-state index is 11.5. The fourth-order valence-corrected chi connectivity index (χ4v) is 1.97. The van der Waals surface area contributed by atoms with Gasteiger partial charge in [0.25, 0.3) is 11.8 Å². The van der Waals surface area contributed by atoms with E-state index in [1.807, 2.05) is 36.4 Å². The Bertz CT molecular complexity index is 625. The third kappa shape index (κ3) is 3.82. The van der Waals surface area contributed by atoms with Crippen LogP contribution in [0.5, 0.6) is 0 Å². The highest BCUT2D eigenvalue weighted by Gasteiger charge is 2.02. The molecule has 0 spiro atoms. The van der Waals surface area contributed by atoms with Gasteiger partial charge in [-0.25, -0.2) is 0 Å². The molecule has 0 radical (unpaired) electrons. The Labute approximate surface area is 129 Å². The van der Waals surface area contributed by atoms with Gasteiger partial charge in [0.2, 0.25) is 0 Å². The van der Waals surface area contributed by atoms with Crippen LogP contribution in [0.2, 0.25) is 0 Å². The van der Waals surface area contributed by atoms with E-state index in [1.54, 1.807) is 38.4 Å². The first-order valence-electron chi connectivity index (χ1n) is 6.96. The van der Waals surface area contributed by atoms with Gasteiger partial charge < -0.3 is 10.6 Å². The van der Waals surface area contributed by atoms with Gasteiger partial charge in [0.15, 0.2) is 0 Å². The molecule has 22 heavy (non-hydrogen) atoms. The van der Waals surface area contributed by atoms with Gasteiger partial charge >= 0.3 is 0 Å². The van der Waals surface area contributed by atoms with Gasteiger partial charge in [-0.1, -0.05) is 36.4 Å². The summed E-state index contributed by atoms with van der Waals surface area (Å²) < 4.78 is 0. The number of hydrogen-bond acceptors (Lipinski definition) is 2. The van der Waals surface area contributed by atoms with Crippen molar-refractivity contribution in [3.8, 4) is 0 Å². The molecule has 0 saturated carbocycles. The SMILES string of the molecule is CNC(=O)c1ccc(C=Cc2ccc(C(=O)NC)cc2)cc1. The second-order valence-electron chi connectivity index (χ2n) is 4.74. The Morgan fingerprint density at radius 2 is 1.00 bits per heavy atom. The summed E-state index contributed by atoms with van der Waals surface area (Å²) in [6.45, 7) is 0. The van der Waals surface area contributed by atoms with Gasteiger partial charge in [-0.2, -0.15) is 0 Å². The molecule has 4 heteroatoms. The summed E-state index contributed by atoms with van der Waals surface area (Å²) in [4.78, 5) is 22.9. The summed E-state index contributed by atoms with van der Waals surface area (Å²) >= 11 is 0. The lowest BCUT2D eigenvalue weighted by atomic mass is 10.1. The Hall–Kier alpha value is -2.88. The van der Waals surface area contributed by atoms with E-state index in [-0.39, 0.29) is 11.8 Å². The lowest BCUT2D eigenvalue weighted by Crippen LogP contribution is -2.17. The molecule has 112 valence electrons. The molecule has 2 amide bonds. The van der Waals surface area contributed by atoms with Crippen LogP contribution in [0.25, 0.3) is 12.2 Å². The van der Waals surface area contributed by atoms with Gasteiger partial charge in [-0.15, -0.1) is 0 Å². The van der Waals surface area contributed by atoms with Crippen LogP contribution in [-0.4, -0.2) is 25.9 Å². The Morgan fingerprint density at radius 1 is 0.682 bits per heavy atom. The van der Waals surface area contributed by atoms with Crippen molar-refractivity contribution in [1.29, 1.82) is 0 Å². The van der Waals surface area contributed by atoms with Crippen molar-refractivity contribution in [3.05, 3.63) is 70.8 Å². The van der Waals surface area contributed by atoms with Crippen LogP contribution in [0.15, 0.2) is 48.5 Å². The minimum absolute atomic E-state index is 0.0969. The first-order valence-corrected chi connectivity index (χ1v) is 6.96. The molecule has 0 atom stereocenters. The molecular weight excluding hydrogens is 276 g/mol. The zero-order valence-corrected chi connectivity index (χ0v) is 12.6. The highest BCUT2D eigenvalue weighted by Crippen LogP contribution is 2.11. The molecule has 0 aliphatic rings. The summed E-state index contributed by atoms with van der Waals surface area (Å²) in [6, 6.07) is 14.7. The van der Waals surface area contributed by atoms with Crippen LogP contribution in [0.4, 0.5) is 0 Å². The van der Waals surface area contributed by atoms with Crippen LogP contribution < -0.4 is 10.6 Å². The maximum atomic E-state index is 11.5. The quantitative estimate of drug-likeness (QED) is 0.852. The number of carbonyl (C=O) groups excluding carboxylic acids is 2. The lowest BCUT2D eigenvalue weighted by Gasteiger charge is -2.01. The molecule has 0 unspecified atom stereocenters. The predicted molar refractivity (Wildman–Crippen MR) is 88.6 cm³/mol. The smallest absolute Gasteiger partial charge is 0.251 e. The average molecular weight is 294 g/mol. The molecular formula is C18H18N2O2. The van der Waals surface area contributed by atoms with E-state index in [0.717, 1.165) is 11.1 Å². The minimum Gasteiger partial charge on any atom is -0.355 e. The van der Waals surface area contributed by atoms with E-state index < -0.39 is 0 Å². The van der Waals surface area contributed by atoms with Crippen molar-refractivity contribution in [2.24, 2.45) is 0 Å². The Balaban J connectivity index is 2.08. The zero-order valence-electron chi connectivity index (χ0n) is 12.6. The number of nitrogens with one attached hydrogen (secondary N) is 2. The first kappa shape index (κ1) is 15.5. The molecule has 2 N–H and O–H groups in total. The fourth-order valence-electron chi connectivity index (χ4n) is 1.97. The van der Waals surface area contributed by atoms with Gasteiger partial charge in [0.05, 0.1) is 0 Å². The second-order valence-corrected chi connectivity index (χ2v) is 4.74. The molecule has 2 aromatic carbocycles. The average Bonchev–Trinajstić information content (AvgIpc) is 2.59. The topological polar surface area (TPSA) is 58.2 Å². The van der Waals surface area contributed by atoms with E-state index in [2.05, 4.69) is 10.6 Å². The number of hydrogen-bond donors (Lipinski definition) is 2. The van der Waals surface area contributed by atoms with Crippen LogP contribution >= 0.6 is 0 Å². The maximum Gasteiger partial charge on any atom is 0.251 e. The second kappa shape index (κ2) is 7.22. The summed E-state index contributed by atoms with van der Waals surface area (Å²) in [7, 11) is 3.22. The minimum atomic E-state index is -0.0969. The first-order chi connectivity index (χ1) is 10.6. The van der Waals surface area contributed by atoms with Gasteiger partial charge in [0.1, 0.15) is 0 Å². The van der Waals surface area contributed by atoms with E-state index in [0.29, 0.717) is 11.1 Å². The summed E-state index contributed by atoms with van der Waals surface area (Å²) in [5.74, 6) is -0.194. The number of carbonyl (C=O) groups is 2. The van der Waals surface area contributed by atoms with Crippen molar-refractivity contribution < 1.29 is 9.59 Å². The number of benzene rings is 2. The van der Waals surface area contributed by atoms with Crippen molar-refractivity contribution in [1.82, 2.24) is 10.6 Å². The largest absolute Gasteiger partial charge is 0.355 e. The lowest BCUT2D eigenvalue weighted by molar-refractivity contribution is 0.0955. The normalized spacial score (nSPS) is 10.5. The van der Waals surface area contributed by atoms with E-state index in [1.165, 1.54) is 0 Å². The number of amides is 2.